The van der Waals surface area contributed by atoms with Crippen LogP contribution < -0.4 is 0 Å². The van der Waals surface area contributed by atoms with Gasteiger partial charge in [0, 0.05) is 17.0 Å². The Hall–Kier alpha value is -2.67. The van der Waals surface area contributed by atoms with Crippen LogP contribution in [-0.2, 0) is 0 Å². The number of hydrogen-bond donors (Lipinski definition) is 0. The van der Waals surface area contributed by atoms with E-state index in [0.717, 1.165) is 5.52 Å². The zero-order valence-corrected chi connectivity index (χ0v) is 10.9. The Bertz CT molecular complexity index is 895. The van der Waals surface area contributed by atoms with Crippen LogP contribution in [0.2, 0.25) is 0 Å². The molecule has 93 valence electrons. The average Bonchev–Trinajstić information content (AvgIpc) is 2.55. The topological polar surface area (TPSA) is 12.9 Å². The van der Waals surface area contributed by atoms with Crippen LogP contribution in [0.1, 0.15) is 0 Å². The quantitative estimate of drug-likeness (QED) is 0.442. The van der Waals surface area contributed by atoms with Crippen LogP contribution in [0.4, 0.5) is 0 Å². The van der Waals surface area contributed by atoms with E-state index in [2.05, 4.69) is 53.5 Å². The Labute approximate surface area is 117 Å². The summed E-state index contributed by atoms with van der Waals surface area (Å²) in [5, 5.41) is 3.63. The lowest BCUT2D eigenvalue weighted by Gasteiger charge is -2.08. The van der Waals surface area contributed by atoms with E-state index >= 15 is 0 Å². The summed E-state index contributed by atoms with van der Waals surface area (Å²) in [5.41, 5.74) is 3.42. The van der Waals surface area contributed by atoms with Crippen molar-refractivity contribution in [3.63, 3.8) is 0 Å². The van der Waals surface area contributed by atoms with Crippen LogP contribution in [0, 0.1) is 6.07 Å². The van der Waals surface area contributed by atoms with Crippen molar-refractivity contribution >= 4 is 21.7 Å². The van der Waals surface area contributed by atoms with Gasteiger partial charge in [0.15, 0.2) is 0 Å². The SMILES string of the molecule is [c]1cccc(-c2cccc3c2cnc2ccccc23)c1. The lowest BCUT2D eigenvalue weighted by atomic mass is 9.97. The summed E-state index contributed by atoms with van der Waals surface area (Å²) in [5.74, 6) is 0. The number of benzene rings is 3. The largest absolute Gasteiger partial charge is 0.256 e. The van der Waals surface area contributed by atoms with Gasteiger partial charge in [-0.25, -0.2) is 0 Å². The molecule has 0 unspecified atom stereocenters. The Morgan fingerprint density at radius 1 is 0.750 bits per heavy atom. The maximum atomic E-state index is 4.59. The molecule has 1 nitrogen and oxygen atoms in total. The fourth-order valence-corrected chi connectivity index (χ4v) is 2.70. The van der Waals surface area contributed by atoms with Gasteiger partial charge in [-0.1, -0.05) is 54.6 Å². The van der Waals surface area contributed by atoms with Crippen molar-refractivity contribution in [2.45, 2.75) is 0 Å². The first-order valence-electron chi connectivity index (χ1n) is 6.66. The molecule has 0 atom stereocenters. The van der Waals surface area contributed by atoms with E-state index in [0.29, 0.717) is 0 Å². The lowest BCUT2D eigenvalue weighted by molar-refractivity contribution is 1.44. The minimum atomic E-state index is 1.04. The number of rotatable bonds is 1. The molecule has 1 radical (unpaired) electrons. The molecule has 1 heterocycles. The van der Waals surface area contributed by atoms with E-state index in [4.69, 9.17) is 0 Å². The Morgan fingerprint density at radius 3 is 2.55 bits per heavy atom. The number of nitrogens with zero attached hydrogens (tertiary/aromatic N) is 1. The third-order valence-corrected chi connectivity index (χ3v) is 3.65. The van der Waals surface area contributed by atoms with Gasteiger partial charge in [0.2, 0.25) is 0 Å². The van der Waals surface area contributed by atoms with Crippen molar-refractivity contribution in [2.75, 3.05) is 0 Å². The third kappa shape index (κ3) is 1.68. The molecule has 0 aliphatic carbocycles. The van der Waals surface area contributed by atoms with Gasteiger partial charge in [-0.3, -0.25) is 4.98 Å². The van der Waals surface area contributed by atoms with Gasteiger partial charge in [0.05, 0.1) is 5.52 Å². The van der Waals surface area contributed by atoms with E-state index in [1.54, 1.807) is 0 Å². The predicted molar refractivity (Wildman–Crippen MR) is 83.5 cm³/mol. The van der Waals surface area contributed by atoms with Gasteiger partial charge >= 0.3 is 0 Å². The molecule has 0 saturated carbocycles. The second-order valence-corrected chi connectivity index (χ2v) is 4.83. The summed E-state index contributed by atoms with van der Waals surface area (Å²) in [4.78, 5) is 4.59. The maximum Gasteiger partial charge on any atom is 0.0708 e. The van der Waals surface area contributed by atoms with Gasteiger partial charge in [0.1, 0.15) is 0 Å². The molecule has 20 heavy (non-hydrogen) atoms. The molecule has 0 fully saturated rings. The van der Waals surface area contributed by atoms with Gasteiger partial charge in [-0.05, 0) is 34.7 Å². The van der Waals surface area contributed by atoms with Crippen molar-refractivity contribution < 1.29 is 0 Å². The minimum Gasteiger partial charge on any atom is -0.256 e. The number of aromatic nitrogens is 1. The second kappa shape index (κ2) is 4.46. The first kappa shape index (κ1) is 11.2. The van der Waals surface area contributed by atoms with Crippen molar-refractivity contribution in [3.05, 3.63) is 79.0 Å². The van der Waals surface area contributed by atoms with Gasteiger partial charge in [0.25, 0.3) is 0 Å². The normalized spacial score (nSPS) is 11.0. The Morgan fingerprint density at radius 2 is 1.65 bits per heavy atom. The second-order valence-electron chi connectivity index (χ2n) is 4.83. The highest BCUT2D eigenvalue weighted by Crippen LogP contribution is 2.31. The zero-order chi connectivity index (χ0) is 13.4. The molecule has 0 spiro atoms. The smallest absolute Gasteiger partial charge is 0.0708 e. The molecule has 0 bridgehead atoms. The van der Waals surface area contributed by atoms with E-state index in [1.807, 2.05) is 30.5 Å². The van der Waals surface area contributed by atoms with Gasteiger partial charge < -0.3 is 0 Å². The van der Waals surface area contributed by atoms with E-state index in [9.17, 15) is 0 Å². The zero-order valence-electron chi connectivity index (χ0n) is 10.9. The molecule has 0 saturated heterocycles. The Balaban J connectivity index is 2.12. The molecule has 3 aromatic carbocycles. The highest BCUT2D eigenvalue weighted by molar-refractivity contribution is 6.10. The third-order valence-electron chi connectivity index (χ3n) is 3.65. The number of fused-ring (bicyclic) bond motifs is 3. The number of pyridine rings is 1. The minimum absolute atomic E-state index is 1.04. The molecule has 0 N–H and O–H groups in total. The summed E-state index contributed by atoms with van der Waals surface area (Å²) in [6, 6.07) is 25.9. The standard InChI is InChI=1S/C19H12N/c1-2-7-14(8-3-1)15-10-6-11-16-17-9-4-5-12-19(17)20-13-18(15)16/h1-2,4-13H. The molecule has 0 aliphatic rings. The summed E-state index contributed by atoms with van der Waals surface area (Å²) in [6.45, 7) is 0. The molecule has 4 rings (SSSR count). The molecular formula is C19H12N. The monoisotopic (exact) mass is 254 g/mol. The predicted octanol–water partition coefficient (Wildman–Crippen LogP) is 4.86. The molecule has 1 heteroatoms. The van der Waals surface area contributed by atoms with Gasteiger partial charge in [-0.2, -0.15) is 0 Å². The highest BCUT2D eigenvalue weighted by atomic mass is 14.6. The molecule has 4 aromatic rings. The van der Waals surface area contributed by atoms with Crippen LogP contribution in [-0.4, -0.2) is 4.98 Å². The van der Waals surface area contributed by atoms with Crippen LogP contribution in [0.15, 0.2) is 72.9 Å². The van der Waals surface area contributed by atoms with Crippen LogP contribution in [0.3, 0.4) is 0 Å². The number of hydrogen-bond acceptors (Lipinski definition) is 1. The maximum absolute atomic E-state index is 4.59. The fraction of sp³-hybridized carbons (Fsp3) is 0. The summed E-state index contributed by atoms with van der Waals surface area (Å²) < 4.78 is 0. The molecule has 0 aliphatic heterocycles. The summed E-state index contributed by atoms with van der Waals surface area (Å²) in [7, 11) is 0. The van der Waals surface area contributed by atoms with Crippen LogP contribution in [0.5, 0.6) is 0 Å². The first-order valence-corrected chi connectivity index (χ1v) is 6.66. The van der Waals surface area contributed by atoms with Crippen LogP contribution >= 0.6 is 0 Å². The van der Waals surface area contributed by atoms with Crippen molar-refractivity contribution in [3.8, 4) is 11.1 Å². The van der Waals surface area contributed by atoms with Gasteiger partial charge in [-0.15, -0.1) is 0 Å². The van der Waals surface area contributed by atoms with E-state index < -0.39 is 0 Å². The first-order chi connectivity index (χ1) is 9.93. The molecular weight excluding hydrogens is 242 g/mol. The highest BCUT2D eigenvalue weighted by Gasteiger charge is 2.06. The van der Waals surface area contributed by atoms with Crippen LogP contribution in [0.25, 0.3) is 32.8 Å². The summed E-state index contributed by atoms with van der Waals surface area (Å²) in [6.07, 6.45) is 1.97. The van der Waals surface area contributed by atoms with Crippen molar-refractivity contribution in [2.24, 2.45) is 0 Å². The lowest BCUT2D eigenvalue weighted by Crippen LogP contribution is -1.85. The summed E-state index contributed by atoms with van der Waals surface area (Å²) >= 11 is 0. The average molecular weight is 254 g/mol. The number of para-hydroxylation sites is 1. The fourth-order valence-electron chi connectivity index (χ4n) is 2.70. The van der Waals surface area contributed by atoms with E-state index in [1.165, 1.54) is 27.3 Å². The van der Waals surface area contributed by atoms with E-state index in [-0.39, 0.29) is 0 Å². The Kier molecular flexibility index (Phi) is 2.49. The van der Waals surface area contributed by atoms with Crippen molar-refractivity contribution in [1.82, 2.24) is 4.98 Å². The van der Waals surface area contributed by atoms with Crippen molar-refractivity contribution in [1.29, 1.82) is 0 Å². The molecule has 1 aromatic heterocycles. The molecule has 0 amide bonds.